The Labute approximate surface area is 264 Å². The van der Waals surface area contributed by atoms with E-state index >= 15 is 0 Å². The maximum atomic E-state index is 4.44. The van der Waals surface area contributed by atoms with Gasteiger partial charge in [-0.05, 0) is 56.9 Å². The van der Waals surface area contributed by atoms with E-state index in [9.17, 15) is 0 Å². The number of anilines is 3. The third-order valence-electron chi connectivity index (χ3n) is 9.68. The second kappa shape index (κ2) is 10.2. The first kappa shape index (κ1) is 25.8. The van der Waals surface area contributed by atoms with E-state index in [0.29, 0.717) is 0 Å². The van der Waals surface area contributed by atoms with Gasteiger partial charge in [-0.15, -0.1) is 0 Å². The maximum Gasteiger partial charge on any atom is 0.246 e. The molecule has 0 saturated carbocycles. The molecule has 2 aliphatic heterocycles. The second-order valence-electron chi connectivity index (χ2n) is 11.9. The van der Waals surface area contributed by atoms with E-state index in [1.54, 1.807) is 0 Å². The number of pyridine rings is 1. The largest absolute Gasteiger partial charge is 0.311 e. The summed E-state index contributed by atoms with van der Waals surface area (Å²) in [5.74, 6) is 0. The van der Waals surface area contributed by atoms with Crippen molar-refractivity contribution in [1.29, 1.82) is 0 Å². The third-order valence-corrected chi connectivity index (χ3v) is 9.68. The molecule has 0 N–H and O–H groups in total. The summed E-state index contributed by atoms with van der Waals surface area (Å²) >= 11 is 0. The van der Waals surface area contributed by atoms with Crippen molar-refractivity contribution >= 4 is 40.2 Å². The first-order valence-corrected chi connectivity index (χ1v) is 15.6. The van der Waals surface area contributed by atoms with Gasteiger partial charge in [0.2, 0.25) is 6.71 Å². The SMILES string of the molecule is c1ccc(B2c3ccc(-c4cccnc4)cc3N3c4ccccc4C(c4ccccc4)(c4ccccc4)c4cccc2c43)cc1. The lowest BCUT2D eigenvalue weighted by molar-refractivity contribution is 0.732. The van der Waals surface area contributed by atoms with E-state index in [2.05, 4.69) is 168 Å². The summed E-state index contributed by atoms with van der Waals surface area (Å²) in [5, 5.41) is 0. The number of rotatable bonds is 4. The Kier molecular flexibility index (Phi) is 5.85. The van der Waals surface area contributed by atoms with Crippen LogP contribution in [0, 0.1) is 0 Å². The van der Waals surface area contributed by atoms with Crippen molar-refractivity contribution in [1.82, 2.24) is 4.98 Å². The van der Waals surface area contributed by atoms with Crippen molar-refractivity contribution in [2.45, 2.75) is 5.41 Å². The fraction of sp³-hybridized carbons (Fsp3) is 0.0238. The number of para-hydroxylation sites is 2. The molecule has 0 unspecified atom stereocenters. The Hall–Kier alpha value is -5.67. The summed E-state index contributed by atoms with van der Waals surface area (Å²) in [6.45, 7) is 0.0878. The van der Waals surface area contributed by atoms with Crippen LogP contribution in [0.3, 0.4) is 0 Å². The van der Waals surface area contributed by atoms with Gasteiger partial charge in [0.1, 0.15) is 0 Å². The molecule has 2 aliphatic rings. The van der Waals surface area contributed by atoms with Gasteiger partial charge in [-0.25, -0.2) is 0 Å². The minimum atomic E-state index is -0.499. The molecule has 3 heterocycles. The summed E-state index contributed by atoms with van der Waals surface area (Å²) in [6.07, 6.45) is 3.79. The Morgan fingerprint density at radius 3 is 1.87 bits per heavy atom. The highest BCUT2D eigenvalue weighted by atomic mass is 15.2. The Morgan fingerprint density at radius 1 is 0.489 bits per heavy atom. The van der Waals surface area contributed by atoms with Crippen LogP contribution >= 0.6 is 0 Å². The summed E-state index contributed by atoms with van der Waals surface area (Å²) < 4.78 is 0. The minimum Gasteiger partial charge on any atom is -0.311 e. The topological polar surface area (TPSA) is 16.1 Å². The number of nitrogens with zero attached hydrogens (tertiary/aromatic N) is 2. The van der Waals surface area contributed by atoms with E-state index in [-0.39, 0.29) is 6.71 Å². The highest BCUT2D eigenvalue weighted by molar-refractivity contribution is 6.98. The van der Waals surface area contributed by atoms with Crippen LogP contribution in [0.5, 0.6) is 0 Å². The molecule has 0 fully saturated rings. The number of hydrogen-bond donors (Lipinski definition) is 0. The number of aromatic nitrogens is 1. The van der Waals surface area contributed by atoms with Crippen molar-refractivity contribution < 1.29 is 0 Å². The molecule has 210 valence electrons. The monoisotopic (exact) mass is 572 g/mol. The summed E-state index contributed by atoms with van der Waals surface area (Å²) in [7, 11) is 0. The summed E-state index contributed by atoms with van der Waals surface area (Å²) in [4.78, 5) is 6.99. The lowest BCUT2D eigenvalue weighted by Crippen LogP contribution is -2.59. The quantitative estimate of drug-likeness (QED) is 0.201. The van der Waals surface area contributed by atoms with Gasteiger partial charge in [-0.2, -0.15) is 0 Å². The van der Waals surface area contributed by atoms with Crippen molar-refractivity contribution in [3.63, 3.8) is 0 Å². The molecule has 0 bridgehead atoms. The molecule has 6 aromatic carbocycles. The van der Waals surface area contributed by atoms with Gasteiger partial charge in [-0.1, -0.05) is 151 Å². The highest BCUT2D eigenvalue weighted by Gasteiger charge is 2.49. The highest BCUT2D eigenvalue weighted by Crippen LogP contribution is 2.57. The van der Waals surface area contributed by atoms with Crippen LogP contribution in [0.2, 0.25) is 0 Å². The van der Waals surface area contributed by atoms with Gasteiger partial charge in [0, 0.05) is 29.3 Å². The van der Waals surface area contributed by atoms with Crippen LogP contribution in [-0.4, -0.2) is 11.7 Å². The van der Waals surface area contributed by atoms with E-state index in [1.165, 1.54) is 55.7 Å². The zero-order valence-electron chi connectivity index (χ0n) is 24.7. The molecule has 0 atom stereocenters. The normalized spacial score (nSPS) is 13.9. The van der Waals surface area contributed by atoms with Crippen LogP contribution in [0.1, 0.15) is 22.3 Å². The molecular weight excluding hydrogens is 543 g/mol. The van der Waals surface area contributed by atoms with E-state index < -0.39 is 5.41 Å². The second-order valence-corrected chi connectivity index (χ2v) is 11.9. The summed E-state index contributed by atoms with van der Waals surface area (Å²) in [6, 6.07) is 60.2. The number of hydrogen-bond acceptors (Lipinski definition) is 2. The number of benzene rings is 6. The van der Waals surface area contributed by atoms with Gasteiger partial charge >= 0.3 is 0 Å². The lowest BCUT2D eigenvalue weighted by atomic mass is 9.34. The first-order valence-electron chi connectivity index (χ1n) is 15.6. The molecular formula is C42H29BN2. The molecule has 7 aromatic rings. The molecule has 0 saturated heterocycles. The van der Waals surface area contributed by atoms with E-state index in [4.69, 9.17) is 0 Å². The molecule has 0 amide bonds. The van der Waals surface area contributed by atoms with E-state index in [0.717, 1.165) is 11.1 Å². The van der Waals surface area contributed by atoms with Gasteiger partial charge in [0.15, 0.2) is 0 Å². The molecule has 3 heteroatoms. The smallest absolute Gasteiger partial charge is 0.246 e. The third kappa shape index (κ3) is 3.74. The van der Waals surface area contributed by atoms with Crippen LogP contribution in [-0.2, 0) is 5.41 Å². The Morgan fingerprint density at radius 2 is 1.16 bits per heavy atom. The Balaban J connectivity index is 1.43. The van der Waals surface area contributed by atoms with Gasteiger partial charge < -0.3 is 4.90 Å². The fourth-order valence-electron chi connectivity index (χ4n) is 7.88. The zero-order chi connectivity index (χ0) is 29.8. The fourth-order valence-corrected chi connectivity index (χ4v) is 7.88. The van der Waals surface area contributed by atoms with Crippen molar-refractivity contribution in [3.05, 3.63) is 198 Å². The maximum absolute atomic E-state index is 4.44. The zero-order valence-corrected chi connectivity index (χ0v) is 24.7. The van der Waals surface area contributed by atoms with Crippen molar-refractivity contribution in [3.8, 4) is 11.1 Å². The van der Waals surface area contributed by atoms with Crippen LogP contribution < -0.4 is 21.3 Å². The van der Waals surface area contributed by atoms with Crippen molar-refractivity contribution in [2.24, 2.45) is 0 Å². The molecule has 0 spiro atoms. The lowest BCUT2D eigenvalue weighted by Gasteiger charge is -2.50. The molecule has 45 heavy (non-hydrogen) atoms. The first-order chi connectivity index (χ1) is 22.4. The van der Waals surface area contributed by atoms with Gasteiger partial charge in [-0.3, -0.25) is 4.98 Å². The Bertz CT molecular complexity index is 2120. The number of fused-ring (bicyclic) bond motifs is 4. The van der Waals surface area contributed by atoms with Gasteiger partial charge in [0.05, 0.1) is 11.1 Å². The van der Waals surface area contributed by atoms with Crippen LogP contribution in [0.4, 0.5) is 17.1 Å². The van der Waals surface area contributed by atoms with Gasteiger partial charge in [0.25, 0.3) is 0 Å². The van der Waals surface area contributed by atoms with E-state index in [1.807, 2.05) is 18.5 Å². The van der Waals surface area contributed by atoms with Crippen LogP contribution in [0.15, 0.2) is 176 Å². The van der Waals surface area contributed by atoms with Crippen molar-refractivity contribution in [2.75, 3.05) is 4.90 Å². The molecule has 0 aliphatic carbocycles. The molecule has 0 radical (unpaired) electrons. The molecule has 1 aromatic heterocycles. The molecule has 9 rings (SSSR count). The average Bonchev–Trinajstić information content (AvgIpc) is 3.13. The summed E-state index contributed by atoms with van der Waals surface area (Å²) in [5.41, 5.74) is 14.5. The standard InChI is InChI=1S/C42H29BN2/c1-4-15-32(16-5-1)42(33-17-6-2-7-18-33)35-21-10-11-24-39(35)45-40-28-30(31-14-13-27-44-29-31)25-26-37(40)43(34-19-8-3-9-20-34)38-23-12-22-36(42)41(38)45/h1-29H. The molecule has 2 nitrogen and oxygen atoms in total. The predicted octanol–water partition coefficient (Wildman–Crippen LogP) is 7.74. The average molecular weight is 573 g/mol. The minimum absolute atomic E-state index is 0.0878. The van der Waals surface area contributed by atoms with Crippen LogP contribution in [0.25, 0.3) is 11.1 Å². The predicted molar refractivity (Wildman–Crippen MR) is 187 cm³/mol.